The quantitative estimate of drug-likeness (QED) is 0.654. The minimum absolute atomic E-state index is 0.0558. The third-order valence-electron chi connectivity index (χ3n) is 2.79. The van der Waals surface area contributed by atoms with Crippen LogP contribution in [0.5, 0.6) is 0 Å². The lowest BCUT2D eigenvalue weighted by Gasteiger charge is -2.28. The van der Waals surface area contributed by atoms with Gasteiger partial charge >= 0.3 is 0 Å². The number of nitrogens with one attached hydrogen (secondary N) is 1. The molecule has 96 valence electrons. The molecule has 16 heavy (non-hydrogen) atoms. The molecule has 1 heterocycles. The van der Waals surface area contributed by atoms with Crippen molar-refractivity contribution in [3.05, 3.63) is 0 Å². The van der Waals surface area contributed by atoms with Gasteiger partial charge in [-0.1, -0.05) is 0 Å². The first kappa shape index (κ1) is 13.9. The average molecular weight is 230 g/mol. The molecule has 0 bridgehead atoms. The Morgan fingerprint density at radius 3 is 2.62 bits per heavy atom. The molecule has 0 saturated carbocycles. The van der Waals surface area contributed by atoms with Crippen molar-refractivity contribution < 1.29 is 9.47 Å². The van der Waals surface area contributed by atoms with E-state index in [4.69, 9.17) is 9.47 Å². The maximum atomic E-state index is 5.63. The second-order valence-electron chi connectivity index (χ2n) is 4.82. The smallest absolute Gasteiger partial charge is 0.0750 e. The van der Waals surface area contributed by atoms with Crippen molar-refractivity contribution in [2.24, 2.45) is 0 Å². The second-order valence-corrected chi connectivity index (χ2v) is 4.82. The van der Waals surface area contributed by atoms with Gasteiger partial charge in [0.1, 0.15) is 0 Å². The van der Waals surface area contributed by atoms with Crippen LogP contribution in [0.1, 0.15) is 20.8 Å². The summed E-state index contributed by atoms with van der Waals surface area (Å²) in [7, 11) is 0. The van der Waals surface area contributed by atoms with Crippen LogP contribution >= 0.6 is 0 Å². The summed E-state index contributed by atoms with van der Waals surface area (Å²) in [6.07, 6.45) is 0. The van der Waals surface area contributed by atoms with Crippen molar-refractivity contribution >= 4 is 0 Å². The second kappa shape index (κ2) is 7.22. The zero-order valence-corrected chi connectivity index (χ0v) is 10.9. The van der Waals surface area contributed by atoms with Crippen molar-refractivity contribution in [2.45, 2.75) is 26.4 Å². The van der Waals surface area contributed by atoms with E-state index in [-0.39, 0.29) is 5.60 Å². The maximum absolute atomic E-state index is 5.63. The highest BCUT2D eigenvalue weighted by Gasteiger charge is 2.16. The molecule has 0 spiro atoms. The highest BCUT2D eigenvalue weighted by atomic mass is 16.5. The lowest BCUT2D eigenvalue weighted by Crippen LogP contribution is -2.43. The van der Waals surface area contributed by atoms with Gasteiger partial charge in [-0.2, -0.15) is 0 Å². The van der Waals surface area contributed by atoms with Crippen LogP contribution in [0.3, 0.4) is 0 Å². The third-order valence-corrected chi connectivity index (χ3v) is 2.79. The SMILES string of the molecule is CCOC(C)(C)CNCCN1CCOCC1. The predicted molar refractivity (Wildman–Crippen MR) is 65.8 cm³/mol. The van der Waals surface area contributed by atoms with Gasteiger partial charge in [0, 0.05) is 39.3 Å². The molecule has 0 aliphatic carbocycles. The van der Waals surface area contributed by atoms with E-state index in [0.29, 0.717) is 0 Å². The van der Waals surface area contributed by atoms with Gasteiger partial charge in [-0.25, -0.2) is 0 Å². The molecule has 1 fully saturated rings. The van der Waals surface area contributed by atoms with Crippen molar-refractivity contribution in [2.75, 3.05) is 52.5 Å². The van der Waals surface area contributed by atoms with E-state index in [9.17, 15) is 0 Å². The van der Waals surface area contributed by atoms with Gasteiger partial charge in [0.15, 0.2) is 0 Å². The van der Waals surface area contributed by atoms with Crippen LogP contribution in [0.4, 0.5) is 0 Å². The van der Waals surface area contributed by atoms with E-state index in [1.165, 1.54) is 0 Å². The van der Waals surface area contributed by atoms with E-state index >= 15 is 0 Å². The van der Waals surface area contributed by atoms with Crippen LogP contribution in [-0.4, -0.2) is 63.0 Å². The molecule has 1 aliphatic rings. The maximum Gasteiger partial charge on any atom is 0.0750 e. The molecule has 1 aliphatic heterocycles. The van der Waals surface area contributed by atoms with Gasteiger partial charge in [0.2, 0.25) is 0 Å². The van der Waals surface area contributed by atoms with Crippen molar-refractivity contribution in [3.8, 4) is 0 Å². The first-order valence-electron chi connectivity index (χ1n) is 6.29. The fraction of sp³-hybridized carbons (Fsp3) is 1.00. The summed E-state index contributed by atoms with van der Waals surface area (Å²) in [5.41, 5.74) is -0.0558. The van der Waals surface area contributed by atoms with E-state index in [0.717, 1.165) is 52.5 Å². The fourth-order valence-corrected chi connectivity index (χ4v) is 1.89. The molecule has 1 rings (SSSR count). The Labute approximate surface area is 99.3 Å². The number of rotatable bonds is 7. The predicted octanol–water partition coefficient (Wildman–Crippen LogP) is 0.723. The van der Waals surface area contributed by atoms with E-state index < -0.39 is 0 Å². The van der Waals surface area contributed by atoms with Gasteiger partial charge < -0.3 is 14.8 Å². The summed E-state index contributed by atoms with van der Waals surface area (Å²) in [6.45, 7) is 14.0. The Morgan fingerprint density at radius 1 is 1.31 bits per heavy atom. The first-order valence-corrected chi connectivity index (χ1v) is 6.29. The molecule has 0 amide bonds. The number of hydrogen-bond acceptors (Lipinski definition) is 4. The lowest BCUT2D eigenvalue weighted by atomic mass is 10.1. The average Bonchev–Trinajstić information content (AvgIpc) is 2.26. The minimum Gasteiger partial charge on any atom is -0.379 e. The van der Waals surface area contributed by atoms with E-state index in [2.05, 4.69) is 24.1 Å². The summed E-state index contributed by atoms with van der Waals surface area (Å²) in [6, 6.07) is 0. The molecule has 0 aromatic rings. The Kier molecular flexibility index (Phi) is 6.28. The fourth-order valence-electron chi connectivity index (χ4n) is 1.89. The van der Waals surface area contributed by atoms with E-state index in [1.54, 1.807) is 0 Å². The molecule has 0 unspecified atom stereocenters. The number of morpholine rings is 1. The molecular formula is C12H26N2O2. The Balaban J connectivity index is 2.02. The molecule has 4 heteroatoms. The van der Waals surface area contributed by atoms with Gasteiger partial charge in [0.25, 0.3) is 0 Å². The van der Waals surface area contributed by atoms with Crippen LogP contribution in [0.25, 0.3) is 0 Å². The van der Waals surface area contributed by atoms with Gasteiger partial charge in [0.05, 0.1) is 18.8 Å². The standard InChI is InChI=1S/C12H26N2O2/c1-4-16-12(2,3)11-13-5-6-14-7-9-15-10-8-14/h13H,4-11H2,1-3H3. The highest BCUT2D eigenvalue weighted by Crippen LogP contribution is 2.06. The van der Waals surface area contributed by atoms with Crippen LogP contribution in [0, 0.1) is 0 Å². The number of ether oxygens (including phenoxy) is 2. The minimum atomic E-state index is -0.0558. The molecular weight excluding hydrogens is 204 g/mol. The van der Waals surface area contributed by atoms with Crippen LogP contribution in [0.2, 0.25) is 0 Å². The normalized spacial score (nSPS) is 18.9. The Hall–Kier alpha value is -0.160. The Morgan fingerprint density at radius 2 is 2.00 bits per heavy atom. The molecule has 1 saturated heterocycles. The summed E-state index contributed by atoms with van der Waals surface area (Å²) in [5, 5.41) is 3.45. The van der Waals surface area contributed by atoms with Crippen LogP contribution < -0.4 is 5.32 Å². The first-order chi connectivity index (χ1) is 7.64. The zero-order chi connectivity index (χ0) is 11.9. The summed E-state index contributed by atoms with van der Waals surface area (Å²) < 4.78 is 10.9. The van der Waals surface area contributed by atoms with Gasteiger partial charge in [-0.3, -0.25) is 4.90 Å². The largest absolute Gasteiger partial charge is 0.379 e. The molecule has 0 aromatic heterocycles. The van der Waals surface area contributed by atoms with E-state index in [1.807, 2.05) is 6.92 Å². The van der Waals surface area contributed by atoms with Gasteiger partial charge in [-0.05, 0) is 20.8 Å². The van der Waals surface area contributed by atoms with Gasteiger partial charge in [-0.15, -0.1) is 0 Å². The molecule has 0 atom stereocenters. The number of nitrogens with zero attached hydrogens (tertiary/aromatic N) is 1. The van der Waals surface area contributed by atoms with Crippen molar-refractivity contribution in [1.29, 1.82) is 0 Å². The molecule has 1 N–H and O–H groups in total. The highest BCUT2D eigenvalue weighted by molar-refractivity contribution is 4.72. The van der Waals surface area contributed by atoms with Crippen molar-refractivity contribution in [3.63, 3.8) is 0 Å². The summed E-state index contributed by atoms with van der Waals surface area (Å²) in [4.78, 5) is 2.43. The summed E-state index contributed by atoms with van der Waals surface area (Å²) in [5.74, 6) is 0. The monoisotopic (exact) mass is 230 g/mol. The molecule has 0 aromatic carbocycles. The third kappa shape index (κ3) is 5.80. The lowest BCUT2D eigenvalue weighted by molar-refractivity contribution is -0.00979. The summed E-state index contributed by atoms with van der Waals surface area (Å²) >= 11 is 0. The Bertz CT molecular complexity index is 180. The number of hydrogen-bond donors (Lipinski definition) is 1. The van der Waals surface area contributed by atoms with Crippen LogP contribution in [0.15, 0.2) is 0 Å². The topological polar surface area (TPSA) is 33.7 Å². The zero-order valence-electron chi connectivity index (χ0n) is 10.9. The molecule has 0 radical (unpaired) electrons. The van der Waals surface area contributed by atoms with Crippen LogP contribution in [-0.2, 0) is 9.47 Å². The molecule has 4 nitrogen and oxygen atoms in total. The van der Waals surface area contributed by atoms with Crippen molar-refractivity contribution in [1.82, 2.24) is 10.2 Å².